The Hall–Kier alpha value is -2.80. The first-order chi connectivity index (χ1) is 18.3. The monoisotopic (exact) mass is 514 g/mol. The van der Waals surface area contributed by atoms with Gasteiger partial charge in [0.05, 0.1) is 0 Å². The number of benzene rings is 2. The summed E-state index contributed by atoms with van der Waals surface area (Å²) in [7, 11) is 0. The summed E-state index contributed by atoms with van der Waals surface area (Å²) < 4.78 is 0. The molecule has 5 rings (SSSR count). The quantitative estimate of drug-likeness (QED) is 0.522. The molecule has 0 saturated carbocycles. The van der Waals surface area contributed by atoms with Gasteiger partial charge in [0.15, 0.2) is 0 Å². The van der Waals surface area contributed by atoms with Crippen molar-refractivity contribution in [2.45, 2.75) is 65.1 Å². The van der Waals surface area contributed by atoms with Crippen molar-refractivity contribution < 1.29 is 9.90 Å². The normalized spacial score (nSPS) is 20.7. The van der Waals surface area contributed by atoms with Gasteiger partial charge in [0.2, 0.25) is 0 Å². The van der Waals surface area contributed by atoms with Crippen LogP contribution in [0.4, 0.5) is 0 Å². The van der Waals surface area contributed by atoms with Crippen molar-refractivity contribution >= 4 is 16.7 Å². The maximum Gasteiger partial charge on any atom is 0.254 e. The number of aromatic nitrogens is 1. The van der Waals surface area contributed by atoms with E-state index in [0.29, 0.717) is 12.5 Å². The molecule has 6 heteroatoms. The summed E-state index contributed by atoms with van der Waals surface area (Å²) in [5, 5.41) is 12.0. The molecule has 1 atom stereocenters. The summed E-state index contributed by atoms with van der Waals surface area (Å²) in [6.07, 6.45) is 6.29. The number of amides is 1. The van der Waals surface area contributed by atoms with Crippen molar-refractivity contribution in [3.8, 4) is 0 Å². The number of likely N-dealkylation sites (tertiary alicyclic amines) is 1. The van der Waals surface area contributed by atoms with Gasteiger partial charge in [-0.1, -0.05) is 36.4 Å². The molecular formula is C32H42N4O2. The number of rotatable bonds is 6. The van der Waals surface area contributed by atoms with Gasteiger partial charge in [0, 0.05) is 75.4 Å². The largest absolute Gasteiger partial charge is 0.396 e. The van der Waals surface area contributed by atoms with Crippen LogP contribution in [0.15, 0.2) is 48.8 Å². The van der Waals surface area contributed by atoms with Crippen LogP contribution in [0.3, 0.4) is 0 Å². The summed E-state index contributed by atoms with van der Waals surface area (Å²) in [6, 6.07) is 13.5. The van der Waals surface area contributed by atoms with Crippen LogP contribution in [0, 0.1) is 13.8 Å². The van der Waals surface area contributed by atoms with Crippen LogP contribution in [0.25, 0.3) is 10.8 Å². The van der Waals surface area contributed by atoms with Gasteiger partial charge in [-0.15, -0.1) is 0 Å². The van der Waals surface area contributed by atoms with Gasteiger partial charge in [-0.05, 0) is 80.0 Å². The van der Waals surface area contributed by atoms with E-state index in [1.807, 2.05) is 18.7 Å². The fourth-order valence-electron chi connectivity index (χ4n) is 6.54. The fraction of sp³-hybridized carbons (Fsp3) is 0.500. The number of piperazine rings is 1. The molecule has 1 amide bonds. The van der Waals surface area contributed by atoms with E-state index >= 15 is 0 Å². The molecule has 2 fully saturated rings. The number of piperidine rings is 1. The van der Waals surface area contributed by atoms with Crippen molar-refractivity contribution in [2.24, 2.45) is 0 Å². The highest BCUT2D eigenvalue weighted by Crippen LogP contribution is 2.33. The van der Waals surface area contributed by atoms with Crippen LogP contribution >= 0.6 is 0 Å². The molecule has 202 valence electrons. The van der Waals surface area contributed by atoms with E-state index in [-0.39, 0.29) is 18.1 Å². The van der Waals surface area contributed by atoms with Crippen molar-refractivity contribution in [3.05, 3.63) is 76.6 Å². The minimum Gasteiger partial charge on any atom is -0.396 e. The number of aryl methyl sites for hydroxylation is 2. The zero-order valence-electron chi connectivity index (χ0n) is 23.4. The predicted octanol–water partition coefficient (Wildman–Crippen LogP) is 4.59. The Kier molecular flexibility index (Phi) is 7.85. The third-order valence-electron chi connectivity index (χ3n) is 9.05. The van der Waals surface area contributed by atoms with Crippen LogP contribution in [-0.2, 0) is 13.0 Å². The maximum absolute atomic E-state index is 13.3. The predicted molar refractivity (Wildman–Crippen MR) is 153 cm³/mol. The van der Waals surface area contributed by atoms with E-state index in [1.165, 1.54) is 21.9 Å². The first kappa shape index (κ1) is 26.8. The molecule has 3 aromatic rings. The minimum atomic E-state index is 0.123. The lowest BCUT2D eigenvalue weighted by atomic mass is 9.86. The lowest BCUT2D eigenvalue weighted by molar-refractivity contribution is -0.0191. The Morgan fingerprint density at radius 1 is 0.974 bits per heavy atom. The van der Waals surface area contributed by atoms with Crippen molar-refractivity contribution in [1.29, 1.82) is 0 Å². The first-order valence-corrected chi connectivity index (χ1v) is 14.1. The minimum absolute atomic E-state index is 0.123. The van der Waals surface area contributed by atoms with Gasteiger partial charge in [0.25, 0.3) is 5.91 Å². The average Bonchev–Trinajstić information content (AvgIpc) is 2.91. The third-order valence-corrected chi connectivity index (χ3v) is 9.05. The zero-order chi connectivity index (χ0) is 26.9. The summed E-state index contributed by atoms with van der Waals surface area (Å²) in [5.74, 6) is 0.153. The molecule has 1 N–H and O–H groups in total. The molecule has 0 bridgehead atoms. The highest BCUT2D eigenvalue weighted by molar-refractivity contribution is 5.97. The molecule has 0 unspecified atom stereocenters. The first-order valence-electron chi connectivity index (χ1n) is 14.1. The number of aliphatic hydroxyl groups is 1. The molecule has 0 radical (unpaired) electrons. The van der Waals surface area contributed by atoms with E-state index in [2.05, 4.69) is 65.0 Å². The van der Waals surface area contributed by atoms with Gasteiger partial charge in [-0.3, -0.25) is 19.6 Å². The van der Waals surface area contributed by atoms with E-state index in [1.54, 1.807) is 12.4 Å². The fourth-order valence-corrected chi connectivity index (χ4v) is 6.54. The summed E-state index contributed by atoms with van der Waals surface area (Å²) in [6.45, 7) is 14.6. The van der Waals surface area contributed by atoms with Crippen LogP contribution < -0.4 is 0 Å². The van der Waals surface area contributed by atoms with Crippen molar-refractivity contribution in [2.75, 3.05) is 39.3 Å². The second-order valence-corrected chi connectivity index (χ2v) is 11.6. The Morgan fingerprint density at radius 2 is 1.61 bits per heavy atom. The van der Waals surface area contributed by atoms with E-state index in [9.17, 15) is 9.90 Å². The highest BCUT2D eigenvalue weighted by atomic mass is 16.3. The summed E-state index contributed by atoms with van der Waals surface area (Å²) >= 11 is 0. The van der Waals surface area contributed by atoms with Gasteiger partial charge in [-0.2, -0.15) is 0 Å². The highest BCUT2D eigenvalue weighted by Gasteiger charge is 2.40. The molecule has 1 aromatic heterocycles. The molecule has 0 spiro atoms. The number of pyridine rings is 1. The van der Waals surface area contributed by atoms with Gasteiger partial charge in [-0.25, -0.2) is 0 Å². The number of carbonyl (C=O) groups excluding carboxylic acids is 1. The molecule has 2 aliphatic rings. The Morgan fingerprint density at radius 3 is 2.24 bits per heavy atom. The number of fused-ring (bicyclic) bond motifs is 1. The maximum atomic E-state index is 13.3. The van der Waals surface area contributed by atoms with Crippen LogP contribution in [0.2, 0.25) is 0 Å². The average molecular weight is 515 g/mol. The zero-order valence-corrected chi connectivity index (χ0v) is 23.4. The molecule has 2 saturated heterocycles. The molecular weight excluding hydrogens is 472 g/mol. The van der Waals surface area contributed by atoms with Crippen LogP contribution in [0.5, 0.6) is 0 Å². The molecule has 0 aliphatic carbocycles. The number of aliphatic hydroxyl groups excluding tert-OH is 1. The molecule has 38 heavy (non-hydrogen) atoms. The standard InChI is InChI=1S/C32H42N4O2/c1-23-19-33-20-24(2)30(23)31(38)34-14-12-32(4,13-15-34)36-17-16-35(25(3)21-36)22-27-10-9-26(11-18-37)28-7-5-6-8-29(27)28/h5-10,19-20,25,37H,11-18,21-22H2,1-4H3/t25-/m0/s1. The smallest absolute Gasteiger partial charge is 0.254 e. The lowest BCUT2D eigenvalue weighted by Gasteiger charge is -2.51. The summed E-state index contributed by atoms with van der Waals surface area (Å²) in [4.78, 5) is 24.9. The number of hydrogen-bond donors (Lipinski definition) is 1. The van der Waals surface area contributed by atoms with Gasteiger partial charge < -0.3 is 10.0 Å². The second kappa shape index (κ2) is 11.1. The second-order valence-electron chi connectivity index (χ2n) is 11.6. The van der Waals surface area contributed by atoms with Crippen LogP contribution in [-0.4, -0.2) is 81.6 Å². The van der Waals surface area contributed by atoms with Crippen molar-refractivity contribution in [1.82, 2.24) is 19.7 Å². The van der Waals surface area contributed by atoms with Crippen LogP contribution in [0.1, 0.15) is 59.3 Å². The molecule has 6 nitrogen and oxygen atoms in total. The molecule has 2 aromatic carbocycles. The Labute approximate surface area is 227 Å². The molecule has 2 aliphatic heterocycles. The SMILES string of the molecule is Cc1cncc(C)c1C(=O)N1CCC(C)(N2CCN(Cc3ccc(CCO)c4ccccc34)[C@@H](C)C2)CC1. The van der Waals surface area contributed by atoms with E-state index < -0.39 is 0 Å². The van der Waals surface area contributed by atoms with E-state index in [4.69, 9.17) is 0 Å². The van der Waals surface area contributed by atoms with Gasteiger partial charge in [0.1, 0.15) is 0 Å². The molecule has 3 heterocycles. The lowest BCUT2D eigenvalue weighted by Crippen LogP contribution is -2.61. The number of carbonyl (C=O) groups is 1. The Bertz CT molecular complexity index is 1280. The van der Waals surface area contributed by atoms with Crippen molar-refractivity contribution in [3.63, 3.8) is 0 Å². The van der Waals surface area contributed by atoms with E-state index in [0.717, 1.165) is 68.8 Å². The Balaban J connectivity index is 1.22. The topological polar surface area (TPSA) is 59.9 Å². The number of nitrogens with zero attached hydrogens (tertiary/aromatic N) is 4. The summed E-state index contributed by atoms with van der Waals surface area (Å²) in [5.41, 5.74) is 5.45. The third kappa shape index (κ3) is 5.22. The number of hydrogen-bond acceptors (Lipinski definition) is 5. The van der Waals surface area contributed by atoms with Gasteiger partial charge >= 0.3 is 0 Å².